The molecular formula is C21H21N3O3. The van der Waals surface area contributed by atoms with E-state index in [4.69, 9.17) is 0 Å². The minimum Gasteiger partial charge on any atom is -0.356 e. The Labute approximate surface area is 157 Å². The Bertz CT molecular complexity index is 875. The molecule has 0 aliphatic carbocycles. The Morgan fingerprint density at radius 1 is 0.926 bits per heavy atom. The van der Waals surface area contributed by atoms with Crippen molar-refractivity contribution in [2.75, 3.05) is 13.1 Å². The van der Waals surface area contributed by atoms with E-state index in [9.17, 15) is 14.4 Å². The van der Waals surface area contributed by atoms with Crippen molar-refractivity contribution in [2.45, 2.75) is 19.3 Å². The van der Waals surface area contributed by atoms with E-state index in [0.29, 0.717) is 37.9 Å². The molecule has 0 unspecified atom stereocenters. The van der Waals surface area contributed by atoms with Gasteiger partial charge in [0.25, 0.3) is 11.8 Å². The van der Waals surface area contributed by atoms with Crippen LogP contribution in [0.5, 0.6) is 0 Å². The van der Waals surface area contributed by atoms with E-state index >= 15 is 0 Å². The van der Waals surface area contributed by atoms with Gasteiger partial charge in [-0.1, -0.05) is 48.5 Å². The van der Waals surface area contributed by atoms with Crippen molar-refractivity contribution in [3.05, 3.63) is 71.3 Å². The van der Waals surface area contributed by atoms with E-state index in [1.807, 2.05) is 42.5 Å². The fourth-order valence-electron chi connectivity index (χ4n) is 2.88. The molecule has 0 fully saturated rings. The van der Waals surface area contributed by atoms with Gasteiger partial charge in [-0.25, -0.2) is 4.99 Å². The number of aliphatic imine (C=N–C) groups is 1. The minimum atomic E-state index is -0.379. The lowest BCUT2D eigenvalue weighted by Crippen LogP contribution is -2.36. The molecule has 3 amide bonds. The van der Waals surface area contributed by atoms with Gasteiger partial charge >= 0.3 is 0 Å². The molecule has 0 atom stereocenters. The minimum absolute atomic E-state index is 0.0496. The number of hydrogen-bond acceptors (Lipinski definition) is 3. The molecule has 0 spiro atoms. The molecule has 6 nitrogen and oxygen atoms in total. The van der Waals surface area contributed by atoms with E-state index in [1.54, 1.807) is 12.1 Å². The second kappa shape index (κ2) is 8.89. The number of nitrogens with zero attached hydrogens (tertiary/aromatic N) is 1. The maximum Gasteiger partial charge on any atom is 0.277 e. The van der Waals surface area contributed by atoms with E-state index in [0.717, 1.165) is 11.1 Å². The first-order valence-corrected chi connectivity index (χ1v) is 8.92. The fourth-order valence-corrected chi connectivity index (χ4v) is 2.88. The lowest BCUT2D eigenvalue weighted by atomic mass is 9.98. The van der Waals surface area contributed by atoms with E-state index in [1.165, 1.54) is 0 Å². The highest BCUT2D eigenvalue weighted by Crippen LogP contribution is 2.16. The van der Waals surface area contributed by atoms with Crippen molar-refractivity contribution < 1.29 is 14.4 Å². The monoisotopic (exact) mass is 363 g/mol. The smallest absolute Gasteiger partial charge is 0.277 e. The number of amides is 3. The van der Waals surface area contributed by atoms with Gasteiger partial charge in [-0.3, -0.25) is 14.4 Å². The van der Waals surface area contributed by atoms with Gasteiger partial charge in [0.05, 0.1) is 6.42 Å². The molecule has 0 bridgehead atoms. The van der Waals surface area contributed by atoms with Gasteiger partial charge in [0.15, 0.2) is 0 Å². The van der Waals surface area contributed by atoms with Gasteiger partial charge in [-0.15, -0.1) is 0 Å². The molecule has 2 aromatic rings. The van der Waals surface area contributed by atoms with Crippen molar-refractivity contribution >= 4 is 23.4 Å². The van der Waals surface area contributed by atoms with Crippen LogP contribution < -0.4 is 10.6 Å². The summed E-state index contributed by atoms with van der Waals surface area (Å²) in [6, 6.07) is 16.7. The fraction of sp³-hybridized carbons (Fsp3) is 0.238. The maximum absolute atomic E-state index is 12.2. The quantitative estimate of drug-likeness (QED) is 0.734. The summed E-state index contributed by atoms with van der Waals surface area (Å²) in [7, 11) is 0. The SMILES string of the molecule is O=C(Cc1ccccc1)NCCCNC(=O)C1=NC(=O)c2ccccc2C1. The van der Waals surface area contributed by atoms with Crippen LogP contribution >= 0.6 is 0 Å². The zero-order chi connectivity index (χ0) is 19.1. The maximum atomic E-state index is 12.2. The summed E-state index contributed by atoms with van der Waals surface area (Å²) in [6.07, 6.45) is 1.29. The first-order chi connectivity index (χ1) is 13.1. The predicted octanol–water partition coefficient (Wildman–Crippen LogP) is 1.69. The third-order valence-electron chi connectivity index (χ3n) is 4.27. The molecule has 0 radical (unpaired) electrons. The van der Waals surface area contributed by atoms with Crippen LogP contribution in [0.4, 0.5) is 0 Å². The summed E-state index contributed by atoms with van der Waals surface area (Å²) in [5, 5.41) is 5.58. The lowest BCUT2D eigenvalue weighted by Gasteiger charge is -2.14. The van der Waals surface area contributed by atoms with E-state index < -0.39 is 0 Å². The number of carbonyl (C=O) groups excluding carboxylic acids is 3. The molecule has 1 aliphatic rings. The van der Waals surface area contributed by atoms with Crippen molar-refractivity contribution in [1.29, 1.82) is 0 Å². The van der Waals surface area contributed by atoms with Gasteiger partial charge in [-0.2, -0.15) is 0 Å². The third-order valence-corrected chi connectivity index (χ3v) is 4.27. The van der Waals surface area contributed by atoms with E-state index in [2.05, 4.69) is 15.6 Å². The van der Waals surface area contributed by atoms with Crippen LogP contribution in [0.15, 0.2) is 59.6 Å². The normalized spacial score (nSPS) is 12.7. The van der Waals surface area contributed by atoms with Crippen molar-refractivity contribution in [2.24, 2.45) is 4.99 Å². The third kappa shape index (κ3) is 5.10. The zero-order valence-corrected chi connectivity index (χ0v) is 14.9. The molecule has 138 valence electrons. The van der Waals surface area contributed by atoms with Crippen LogP contribution in [0.1, 0.15) is 27.9 Å². The topological polar surface area (TPSA) is 87.6 Å². The largest absolute Gasteiger partial charge is 0.356 e. The average Bonchev–Trinajstić information content (AvgIpc) is 2.68. The van der Waals surface area contributed by atoms with Gasteiger partial charge in [0, 0.05) is 25.1 Å². The molecule has 27 heavy (non-hydrogen) atoms. The van der Waals surface area contributed by atoms with E-state index in [-0.39, 0.29) is 23.4 Å². The average molecular weight is 363 g/mol. The summed E-state index contributed by atoms with van der Waals surface area (Å²) in [6.45, 7) is 0.874. The highest BCUT2D eigenvalue weighted by Gasteiger charge is 2.22. The number of nitrogens with one attached hydrogen (secondary N) is 2. The first-order valence-electron chi connectivity index (χ1n) is 8.92. The molecule has 0 saturated heterocycles. The molecule has 2 aromatic carbocycles. The number of benzene rings is 2. The van der Waals surface area contributed by atoms with Crippen molar-refractivity contribution in [3.8, 4) is 0 Å². The molecule has 3 rings (SSSR count). The molecule has 0 aromatic heterocycles. The Morgan fingerprint density at radius 2 is 1.63 bits per heavy atom. The summed E-state index contributed by atoms with van der Waals surface area (Å²) < 4.78 is 0. The van der Waals surface area contributed by atoms with Gasteiger partial charge in [-0.05, 0) is 23.6 Å². The standard InChI is InChI=1S/C21H21N3O3/c25-19(13-15-7-2-1-3-8-15)22-11-6-12-23-21(27)18-14-16-9-4-5-10-17(16)20(26)24-18/h1-5,7-10H,6,11-14H2,(H,22,25)(H,23,27). The van der Waals surface area contributed by atoms with Gasteiger partial charge in [0.2, 0.25) is 5.91 Å². The second-order valence-electron chi connectivity index (χ2n) is 6.32. The Kier molecular flexibility index (Phi) is 6.10. The second-order valence-corrected chi connectivity index (χ2v) is 6.32. The Hall–Kier alpha value is -3.28. The van der Waals surface area contributed by atoms with Gasteiger partial charge < -0.3 is 10.6 Å². The first kappa shape index (κ1) is 18.5. The summed E-state index contributed by atoms with van der Waals surface area (Å²) in [5.41, 5.74) is 2.56. The molecule has 1 heterocycles. The highest BCUT2D eigenvalue weighted by atomic mass is 16.2. The number of rotatable bonds is 7. The Morgan fingerprint density at radius 3 is 2.44 bits per heavy atom. The highest BCUT2D eigenvalue weighted by molar-refractivity contribution is 6.42. The van der Waals surface area contributed by atoms with Crippen molar-refractivity contribution in [1.82, 2.24) is 10.6 Å². The number of hydrogen-bond donors (Lipinski definition) is 2. The molecule has 1 aliphatic heterocycles. The van der Waals surface area contributed by atoms with Gasteiger partial charge in [0.1, 0.15) is 5.71 Å². The van der Waals surface area contributed by atoms with Crippen LogP contribution in [0.3, 0.4) is 0 Å². The summed E-state index contributed by atoms with van der Waals surface area (Å²) in [4.78, 5) is 39.9. The Balaban J connectivity index is 1.38. The molecule has 6 heteroatoms. The molecular weight excluding hydrogens is 342 g/mol. The lowest BCUT2D eigenvalue weighted by molar-refractivity contribution is -0.120. The van der Waals surface area contributed by atoms with Crippen LogP contribution in [0, 0.1) is 0 Å². The predicted molar refractivity (Wildman–Crippen MR) is 103 cm³/mol. The number of carbonyl (C=O) groups is 3. The summed E-state index contributed by atoms with van der Waals surface area (Å²) >= 11 is 0. The van der Waals surface area contributed by atoms with Crippen LogP contribution in [0.25, 0.3) is 0 Å². The molecule has 2 N–H and O–H groups in total. The summed E-state index contributed by atoms with van der Waals surface area (Å²) in [5.74, 6) is -0.768. The molecule has 0 saturated carbocycles. The number of fused-ring (bicyclic) bond motifs is 1. The zero-order valence-electron chi connectivity index (χ0n) is 14.9. The van der Waals surface area contributed by atoms with Crippen molar-refractivity contribution in [3.63, 3.8) is 0 Å². The van der Waals surface area contributed by atoms with Crippen LogP contribution in [-0.4, -0.2) is 36.5 Å². The van der Waals surface area contributed by atoms with Crippen LogP contribution in [-0.2, 0) is 22.4 Å². The van der Waals surface area contributed by atoms with Crippen LogP contribution in [0.2, 0.25) is 0 Å².